The Morgan fingerprint density at radius 3 is 2.56 bits per heavy atom. The second-order valence-electron chi connectivity index (χ2n) is 10.3. The minimum Gasteiger partial charge on any atom is -0.491 e. The first kappa shape index (κ1) is 26.2. The molecule has 0 saturated heterocycles. The maximum absolute atomic E-state index is 13.4. The van der Waals surface area contributed by atoms with Crippen molar-refractivity contribution in [3.8, 4) is 5.75 Å². The van der Waals surface area contributed by atoms with Crippen molar-refractivity contribution in [3.05, 3.63) is 59.7 Å². The molecule has 194 valence electrons. The van der Waals surface area contributed by atoms with Gasteiger partial charge in [0.05, 0.1) is 11.7 Å². The molecule has 0 aromatic heterocycles. The molecule has 0 bridgehead atoms. The Labute approximate surface area is 214 Å². The Balaban J connectivity index is 1.58. The molecule has 2 amide bonds. The van der Waals surface area contributed by atoms with E-state index in [2.05, 4.69) is 48.3 Å². The van der Waals surface area contributed by atoms with Crippen LogP contribution in [0.25, 0.3) is 0 Å². The summed E-state index contributed by atoms with van der Waals surface area (Å²) in [6, 6.07) is 16.0. The SMILES string of the molecule is CO[C@@H]1CN(C)C(=O)c2ccc(NC(=O)C3CC3)cc2OC[C@H](C)N(CCc2ccccc2)C[C@@H]1C. The van der Waals surface area contributed by atoms with E-state index in [0.29, 0.717) is 30.2 Å². The van der Waals surface area contributed by atoms with Crippen LogP contribution < -0.4 is 10.1 Å². The molecular weight excluding hydrogens is 454 g/mol. The van der Waals surface area contributed by atoms with Crippen LogP contribution in [-0.2, 0) is 16.0 Å². The zero-order valence-electron chi connectivity index (χ0n) is 21.9. The summed E-state index contributed by atoms with van der Waals surface area (Å²) in [4.78, 5) is 29.8. The van der Waals surface area contributed by atoms with E-state index in [0.717, 1.165) is 32.4 Å². The molecule has 2 aliphatic rings. The van der Waals surface area contributed by atoms with Gasteiger partial charge in [0, 0.05) is 57.5 Å². The molecule has 2 aromatic carbocycles. The van der Waals surface area contributed by atoms with Crippen LogP contribution in [0.4, 0.5) is 5.69 Å². The van der Waals surface area contributed by atoms with Gasteiger partial charge in [0.1, 0.15) is 12.4 Å². The standard InChI is InChI=1S/C29H39N3O4/c1-20-17-32(15-14-22-8-6-5-7-9-22)21(2)19-36-26-16-24(30-28(33)23-10-11-23)12-13-25(26)29(34)31(3)18-27(20)35-4/h5-9,12-13,16,20-21,23,27H,10-11,14-15,17-19H2,1-4H3,(H,30,33)/t20-,21-,27+/m0/s1. The second kappa shape index (κ2) is 11.9. The van der Waals surface area contributed by atoms with Gasteiger partial charge in [0.15, 0.2) is 0 Å². The van der Waals surface area contributed by atoms with E-state index in [9.17, 15) is 9.59 Å². The van der Waals surface area contributed by atoms with Crippen LogP contribution in [0, 0.1) is 11.8 Å². The number of ether oxygens (including phenoxy) is 2. The van der Waals surface area contributed by atoms with Gasteiger partial charge in [0.25, 0.3) is 5.91 Å². The number of hydrogen-bond acceptors (Lipinski definition) is 5. The van der Waals surface area contributed by atoms with E-state index in [1.165, 1.54) is 5.56 Å². The Morgan fingerprint density at radius 2 is 1.86 bits per heavy atom. The highest BCUT2D eigenvalue weighted by atomic mass is 16.5. The lowest BCUT2D eigenvalue weighted by atomic mass is 10.0. The lowest BCUT2D eigenvalue weighted by molar-refractivity contribution is -0.117. The van der Waals surface area contributed by atoms with Gasteiger partial charge in [-0.25, -0.2) is 0 Å². The van der Waals surface area contributed by atoms with Gasteiger partial charge in [-0.1, -0.05) is 37.3 Å². The minimum absolute atomic E-state index is 0.0314. The minimum atomic E-state index is -0.117. The average molecular weight is 494 g/mol. The molecule has 0 unspecified atom stereocenters. The van der Waals surface area contributed by atoms with Crippen LogP contribution in [0.3, 0.4) is 0 Å². The third-order valence-corrected chi connectivity index (χ3v) is 7.32. The number of carbonyl (C=O) groups is 2. The highest BCUT2D eigenvalue weighted by molar-refractivity contribution is 5.99. The Morgan fingerprint density at radius 1 is 1.11 bits per heavy atom. The Bertz CT molecular complexity index is 1040. The van der Waals surface area contributed by atoms with Crippen molar-refractivity contribution in [1.82, 2.24) is 9.80 Å². The molecule has 1 fully saturated rings. The number of methoxy groups -OCH3 is 1. The fraction of sp³-hybridized carbons (Fsp3) is 0.517. The van der Waals surface area contributed by atoms with Gasteiger partial charge in [-0.3, -0.25) is 14.5 Å². The number of nitrogens with zero attached hydrogens (tertiary/aromatic N) is 2. The van der Waals surface area contributed by atoms with Crippen molar-refractivity contribution < 1.29 is 19.1 Å². The monoisotopic (exact) mass is 493 g/mol. The lowest BCUT2D eigenvalue weighted by Crippen LogP contribution is -2.47. The number of nitrogens with one attached hydrogen (secondary N) is 1. The fourth-order valence-electron chi connectivity index (χ4n) is 4.74. The second-order valence-corrected chi connectivity index (χ2v) is 10.3. The van der Waals surface area contributed by atoms with Crippen molar-refractivity contribution in [2.45, 2.75) is 45.3 Å². The van der Waals surface area contributed by atoms with E-state index in [-0.39, 0.29) is 35.8 Å². The van der Waals surface area contributed by atoms with Crippen LogP contribution in [0.2, 0.25) is 0 Å². The molecule has 7 heteroatoms. The molecule has 1 N–H and O–H groups in total. The van der Waals surface area contributed by atoms with E-state index >= 15 is 0 Å². The number of benzene rings is 2. The number of amides is 2. The largest absolute Gasteiger partial charge is 0.491 e. The number of carbonyl (C=O) groups excluding carboxylic acids is 2. The smallest absolute Gasteiger partial charge is 0.257 e. The molecular formula is C29H39N3O4. The highest BCUT2D eigenvalue weighted by Crippen LogP contribution is 2.32. The van der Waals surface area contributed by atoms with Crippen molar-refractivity contribution in [2.75, 3.05) is 45.7 Å². The number of hydrogen-bond donors (Lipinski definition) is 1. The summed E-state index contributed by atoms with van der Waals surface area (Å²) < 4.78 is 12.1. The van der Waals surface area contributed by atoms with Crippen LogP contribution in [0.5, 0.6) is 5.75 Å². The van der Waals surface area contributed by atoms with Gasteiger partial charge < -0.3 is 19.7 Å². The summed E-state index contributed by atoms with van der Waals surface area (Å²) in [7, 11) is 3.52. The highest BCUT2D eigenvalue weighted by Gasteiger charge is 2.31. The predicted molar refractivity (Wildman–Crippen MR) is 141 cm³/mol. The van der Waals surface area contributed by atoms with Gasteiger partial charge in [-0.2, -0.15) is 0 Å². The Hall–Kier alpha value is -2.90. The molecule has 7 nitrogen and oxygen atoms in total. The summed E-state index contributed by atoms with van der Waals surface area (Å²) in [5.74, 6) is 0.739. The molecule has 3 atom stereocenters. The zero-order chi connectivity index (χ0) is 25.7. The van der Waals surface area contributed by atoms with Crippen LogP contribution in [0.1, 0.15) is 42.6 Å². The quantitative estimate of drug-likeness (QED) is 0.657. The maximum atomic E-state index is 13.4. The zero-order valence-corrected chi connectivity index (χ0v) is 21.9. The van der Waals surface area contributed by atoms with Crippen molar-refractivity contribution in [3.63, 3.8) is 0 Å². The third-order valence-electron chi connectivity index (χ3n) is 7.32. The van der Waals surface area contributed by atoms with Gasteiger partial charge >= 0.3 is 0 Å². The molecule has 1 aliphatic heterocycles. The lowest BCUT2D eigenvalue weighted by Gasteiger charge is -2.36. The van der Waals surface area contributed by atoms with Crippen molar-refractivity contribution >= 4 is 17.5 Å². The van der Waals surface area contributed by atoms with E-state index in [4.69, 9.17) is 9.47 Å². The maximum Gasteiger partial charge on any atom is 0.257 e. The number of likely N-dealkylation sites (N-methyl/N-ethyl adjacent to an activating group) is 1. The topological polar surface area (TPSA) is 71.1 Å². The van der Waals surface area contributed by atoms with Gasteiger partial charge in [-0.05, 0) is 49.8 Å². The first-order valence-electron chi connectivity index (χ1n) is 13.0. The van der Waals surface area contributed by atoms with Gasteiger partial charge in [0.2, 0.25) is 5.91 Å². The van der Waals surface area contributed by atoms with Crippen molar-refractivity contribution in [1.29, 1.82) is 0 Å². The number of anilines is 1. The molecule has 0 radical (unpaired) electrons. The summed E-state index contributed by atoms with van der Waals surface area (Å²) >= 11 is 0. The van der Waals surface area contributed by atoms with Crippen LogP contribution >= 0.6 is 0 Å². The predicted octanol–water partition coefficient (Wildman–Crippen LogP) is 4.08. The summed E-state index contributed by atoms with van der Waals surface area (Å²) in [6.07, 6.45) is 2.73. The number of rotatable bonds is 6. The first-order chi connectivity index (χ1) is 17.4. The summed E-state index contributed by atoms with van der Waals surface area (Å²) in [5.41, 5.74) is 2.46. The van der Waals surface area contributed by atoms with Gasteiger partial charge in [-0.15, -0.1) is 0 Å². The normalized spacial score (nSPS) is 23.7. The average Bonchev–Trinajstić information content (AvgIpc) is 3.73. The summed E-state index contributed by atoms with van der Waals surface area (Å²) in [6.45, 7) is 7.00. The molecule has 2 aromatic rings. The van der Waals surface area contributed by atoms with Crippen LogP contribution in [0.15, 0.2) is 48.5 Å². The molecule has 0 spiro atoms. The third kappa shape index (κ3) is 6.65. The number of fused-ring (bicyclic) bond motifs is 1. The molecule has 1 saturated carbocycles. The molecule has 36 heavy (non-hydrogen) atoms. The molecule has 1 aliphatic carbocycles. The van der Waals surface area contributed by atoms with E-state index in [1.807, 2.05) is 6.07 Å². The van der Waals surface area contributed by atoms with E-state index < -0.39 is 0 Å². The molecule has 4 rings (SSSR count). The fourth-order valence-corrected chi connectivity index (χ4v) is 4.74. The molecule has 1 heterocycles. The Kier molecular flexibility index (Phi) is 8.64. The van der Waals surface area contributed by atoms with Crippen molar-refractivity contribution in [2.24, 2.45) is 11.8 Å². The summed E-state index contributed by atoms with van der Waals surface area (Å²) in [5, 5.41) is 2.97. The van der Waals surface area contributed by atoms with E-state index in [1.54, 1.807) is 37.3 Å². The van der Waals surface area contributed by atoms with Crippen LogP contribution in [-0.4, -0.2) is 74.2 Å². The first-order valence-corrected chi connectivity index (χ1v) is 13.0.